The summed E-state index contributed by atoms with van der Waals surface area (Å²) in [5.74, 6) is -1.06. The molecule has 0 fully saturated rings. The van der Waals surface area contributed by atoms with Gasteiger partial charge in [0.1, 0.15) is 11.6 Å². The number of nitrogens with one attached hydrogen (secondary N) is 1. The molecular weight excluding hydrogens is 407 g/mol. The maximum atomic E-state index is 13.9. The van der Waals surface area contributed by atoms with Crippen LogP contribution in [0.3, 0.4) is 0 Å². The highest BCUT2D eigenvalue weighted by Gasteiger charge is 2.23. The van der Waals surface area contributed by atoms with Crippen molar-refractivity contribution in [2.24, 2.45) is 0 Å². The zero-order valence-electron chi connectivity index (χ0n) is 19.4. The predicted octanol–water partition coefficient (Wildman–Crippen LogP) is 4.64. The number of nitrogens with zero attached hydrogens (tertiary/aromatic N) is 3. The van der Waals surface area contributed by atoms with Crippen LogP contribution >= 0.6 is 0 Å². The maximum Gasteiger partial charge on any atom is 0.257 e. The Hall–Kier alpha value is -3.48. The minimum atomic E-state index is -0.618. The Balaban J connectivity index is 1.86. The highest BCUT2D eigenvalue weighted by molar-refractivity contribution is 5.99. The summed E-state index contributed by atoms with van der Waals surface area (Å²) in [5.41, 5.74) is 3.55. The molecule has 168 valence electrons. The SMILES string of the molecule is Cc1ccc(-n2nc(C(C)(C)C)cc2NC(=O)CN(C)C(=O)c2ccccc2F)c(C)c1. The van der Waals surface area contributed by atoms with Crippen LogP contribution in [0.1, 0.15) is 48.0 Å². The number of hydrogen-bond donors (Lipinski definition) is 1. The van der Waals surface area contributed by atoms with Gasteiger partial charge in [0, 0.05) is 18.5 Å². The molecule has 0 unspecified atom stereocenters. The highest BCUT2D eigenvalue weighted by atomic mass is 19.1. The zero-order chi connectivity index (χ0) is 23.6. The molecule has 3 aromatic rings. The first kappa shape index (κ1) is 23.2. The van der Waals surface area contributed by atoms with Gasteiger partial charge in [0.25, 0.3) is 5.91 Å². The topological polar surface area (TPSA) is 67.2 Å². The van der Waals surface area contributed by atoms with E-state index in [0.29, 0.717) is 5.82 Å². The zero-order valence-corrected chi connectivity index (χ0v) is 19.4. The molecule has 32 heavy (non-hydrogen) atoms. The van der Waals surface area contributed by atoms with E-state index in [1.54, 1.807) is 10.7 Å². The van der Waals surface area contributed by atoms with E-state index in [1.807, 2.05) is 52.8 Å². The van der Waals surface area contributed by atoms with E-state index in [9.17, 15) is 14.0 Å². The Morgan fingerprint density at radius 3 is 2.41 bits per heavy atom. The molecule has 1 N–H and O–H groups in total. The lowest BCUT2D eigenvalue weighted by Gasteiger charge is -2.18. The quantitative estimate of drug-likeness (QED) is 0.634. The molecule has 1 aromatic heterocycles. The molecule has 0 aliphatic carbocycles. The molecule has 0 atom stereocenters. The van der Waals surface area contributed by atoms with Crippen molar-refractivity contribution < 1.29 is 14.0 Å². The number of hydrogen-bond acceptors (Lipinski definition) is 3. The molecule has 0 saturated carbocycles. The number of carbonyl (C=O) groups excluding carboxylic acids is 2. The lowest BCUT2D eigenvalue weighted by atomic mass is 9.92. The van der Waals surface area contributed by atoms with E-state index >= 15 is 0 Å². The highest BCUT2D eigenvalue weighted by Crippen LogP contribution is 2.27. The van der Waals surface area contributed by atoms with Crippen LogP contribution in [-0.4, -0.2) is 40.1 Å². The molecule has 0 saturated heterocycles. The summed E-state index contributed by atoms with van der Waals surface area (Å²) in [6.07, 6.45) is 0. The second kappa shape index (κ2) is 8.94. The average Bonchev–Trinajstić information content (AvgIpc) is 3.11. The molecule has 0 radical (unpaired) electrons. The van der Waals surface area contributed by atoms with Gasteiger partial charge in [0.15, 0.2) is 0 Å². The van der Waals surface area contributed by atoms with Crippen molar-refractivity contribution in [1.29, 1.82) is 0 Å². The normalized spacial score (nSPS) is 11.3. The predicted molar refractivity (Wildman–Crippen MR) is 124 cm³/mol. The number of aromatic nitrogens is 2. The van der Waals surface area contributed by atoms with Crippen molar-refractivity contribution in [3.05, 3.63) is 76.7 Å². The molecule has 1 heterocycles. The molecule has 0 aliphatic heterocycles. The van der Waals surface area contributed by atoms with Gasteiger partial charge in [-0.25, -0.2) is 9.07 Å². The molecule has 0 bridgehead atoms. The van der Waals surface area contributed by atoms with Gasteiger partial charge in [-0.15, -0.1) is 0 Å². The van der Waals surface area contributed by atoms with Crippen molar-refractivity contribution in [2.75, 3.05) is 18.9 Å². The third kappa shape index (κ3) is 5.04. The summed E-state index contributed by atoms with van der Waals surface area (Å²) >= 11 is 0. The number of anilines is 1. The van der Waals surface area contributed by atoms with E-state index in [0.717, 1.165) is 22.5 Å². The standard InChI is InChI=1S/C25H29FN4O2/c1-16-11-12-20(17(2)13-16)30-22(14-21(28-30)25(3,4)5)27-23(31)15-29(6)24(32)18-9-7-8-10-19(18)26/h7-14H,15H2,1-6H3,(H,27,31). The Kier molecular flexibility index (Phi) is 6.48. The van der Waals surface area contributed by atoms with Gasteiger partial charge < -0.3 is 10.2 Å². The number of likely N-dealkylation sites (N-methyl/N-ethyl adjacent to an activating group) is 1. The summed E-state index contributed by atoms with van der Waals surface area (Å²) in [5, 5.41) is 7.61. The molecule has 2 aromatic carbocycles. The van der Waals surface area contributed by atoms with Gasteiger partial charge in [-0.05, 0) is 37.6 Å². The molecular formula is C25H29FN4O2. The number of carbonyl (C=O) groups is 2. The molecule has 0 aliphatic rings. The number of amides is 2. The summed E-state index contributed by atoms with van der Waals surface area (Å²) in [6.45, 7) is 9.94. The van der Waals surface area contributed by atoms with Crippen LogP contribution in [0.25, 0.3) is 5.69 Å². The summed E-state index contributed by atoms with van der Waals surface area (Å²) in [7, 11) is 1.47. The smallest absolute Gasteiger partial charge is 0.257 e. The lowest BCUT2D eigenvalue weighted by molar-refractivity contribution is -0.116. The van der Waals surface area contributed by atoms with Crippen LogP contribution in [0.5, 0.6) is 0 Å². The third-order valence-electron chi connectivity index (χ3n) is 5.16. The van der Waals surface area contributed by atoms with Crippen molar-refractivity contribution in [3.63, 3.8) is 0 Å². The minimum Gasteiger partial charge on any atom is -0.332 e. The fourth-order valence-electron chi connectivity index (χ4n) is 3.37. The van der Waals surface area contributed by atoms with Crippen molar-refractivity contribution in [3.8, 4) is 5.69 Å². The Morgan fingerprint density at radius 1 is 1.09 bits per heavy atom. The fourth-order valence-corrected chi connectivity index (χ4v) is 3.37. The second-order valence-electron chi connectivity index (χ2n) is 9.06. The largest absolute Gasteiger partial charge is 0.332 e. The molecule has 3 rings (SSSR count). The van der Waals surface area contributed by atoms with Crippen LogP contribution < -0.4 is 5.32 Å². The molecule has 6 nitrogen and oxygen atoms in total. The van der Waals surface area contributed by atoms with Crippen LogP contribution in [-0.2, 0) is 10.2 Å². The minimum absolute atomic E-state index is 0.0712. The van der Waals surface area contributed by atoms with Crippen LogP contribution in [0.4, 0.5) is 10.2 Å². The summed E-state index contributed by atoms with van der Waals surface area (Å²) in [6, 6.07) is 13.6. The first-order valence-corrected chi connectivity index (χ1v) is 10.5. The van der Waals surface area contributed by atoms with Crippen molar-refractivity contribution >= 4 is 17.6 Å². The van der Waals surface area contributed by atoms with E-state index in [2.05, 4.69) is 11.4 Å². The third-order valence-corrected chi connectivity index (χ3v) is 5.16. The fraction of sp³-hybridized carbons (Fsp3) is 0.320. The Morgan fingerprint density at radius 2 is 1.78 bits per heavy atom. The average molecular weight is 437 g/mol. The van der Waals surface area contributed by atoms with E-state index in [1.165, 1.54) is 30.1 Å². The van der Waals surface area contributed by atoms with Gasteiger partial charge >= 0.3 is 0 Å². The molecule has 7 heteroatoms. The number of halogens is 1. The van der Waals surface area contributed by atoms with Gasteiger partial charge in [-0.1, -0.05) is 50.6 Å². The van der Waals surface area contributed by atoms with Crippen LogP contribution in [0, 0.1) is 19.7 Å². The van der Waals surface area contributed by atoms with Gasteiger partial charge in [-0.3, -0.25) is 9.59 Å². The van der Waals surface area contributed by atoms with Crippen LogP contribution in [0.2, 0.25) is 0 Å². The summed E-state index contributed by atoms with van der Waals surface area (Å²) in [4.78, 5) is 26.5. The number of aryl methyl sites for hydroxylation is 2. The lowest BCUT2D eigenvalue weighted by Crippen LogP contribution is -2.35. The summed E-state index contributed by atoms with van der Waals surface area (Å²) < 4.78 is 15.7. The van der Waals surface area contributed by atoms with Crippen molar-refractivity contribution in [2.45, 2.75) is 40.0 Å². The number of benzene rings is 2. The second-order valence-corrected chi connectivity index (χ2v) is 9.06. The van der Waals surface area contributed by atoms with E-state index in [4.69, 9.17) is 5.10 Å². The van der Waals surface area contributed by atoms with E-state index < -0.39 is 17.6 Å². The monoisotopic (exact) mass is 436 g/mol. The first-order valence-electron chi connectivity index (χ1n) is 10.5. The van der Waals surface area contributed by atoms with Crippen molar-refractivity contribution in [1.82, 2.24) is 14.7 Å². The van der Waals surface area contributed by atoms with E-state index in [-0.39, 0.29) is 17.5 Å². The van der Waals surface area contributed by atoms with Gasteiger partial charge in [-0.2, -0.15) is 5.10 Å². The van der Waals surface area contributed by atoms with Gasteiger partial charge in [0.05, 0.1) is 23.5 Å². The Bertz CT molecular complexity index is 1160. The molecule has 0 spiro atoms. The first-order chi connectivity index (χ1) is 15.0. The Labute approximate surface area is 188 Å². The van der Waals surface area contributed by atoms with Gasteiger partial charge in [0.2, 0.25) is 5.91 Å². The number of rotatable bonds is 5. The maximum absolute atomic E-state index is 13.9. The van der Waals surface area contributed by atoms with Crippen LogP contribution in [0.15, 0.2) is 48.5 Å². The molecule has 2 amide bonds.